The Morgan fingerprint density at radius 2 is 1.36 bits per heavy atom. The van der Waals surface area contributed by atoms with Gasteiger partial charge in [-0.05, 0) is 25.0 Å². The number of aromatic nitrogens is 4. The Kier molecular flexibility index (Phi) is 9.44. The van der Waals surface area contributed by atoms with Crippen molar-refractivity contribution in [2.24, 2.45) is 0 Å². The lowest BCUT2D eigenvalue weighted by Gasteiger charge is -2.06. The van der Waals surface area contributed by atoms with Crippen LogP contribution in [0.5, 0.6) is 0 Å². The zero-order valence-electron chi connectivity index (χ0n) is 19.9. The third-order valence-electron chi connectivity index (χ3n) is 4.81. The average molecular weight is 497 g/mol. The van der Waals surface area contributed by atoms with E-state index in [1.54, 1.807) is 13.8 Å². The molecule has 0 amide bonds. The van der Waals surface area contributed by atoms with Crippen LogP contribution in [-0.4, -0.2) is 44.7 Å². The van der Waals surface area contributed by atoms with Gasteiger partial charge in [0.2, 0.25) is 5.69 Å². The normalized spacial score (nSPS) is 10.3. The molecule has 0 aliphatic carbocycles. The zero-order valence-corrected chi connectivity index (χ0v) is 19.9. The highest BCUT2D eigenvalue weighted by Gasteiger charge is 2.20. The van der Waals surface area contributed by atoms with Crippen LogP contribution in [0.25, 0.3) is 0 Å². The highest BCUT2D eigenvalue weighted by Crippen LogP contribution is 2.12. The van der Waals surface area contributed by atoms with Crippen LogP contribution in [-0.2, 0) is 22.6 Å². The molecule has 0 N–H and O–H groups in total. The lowest BCUT2D eigenvalue weighted by atomic mass is 10.2. The number of ether oxygens (including phenoxy) is 2. The van der Waals surface area contributed by atoms with Gasteiger partial charge in [-0.2, -0.15) is 10.2 Å². The van der Waals surface area contributed by atoms with Gasteiger partial charge in [-0.1, -0.05) is 60.7 Å². The summed E-state index contributed by atoms with van der Waals surface area (Å²) in [6, 6.07) is 18.9. The molecule has 4 aromatic rings. The Labute approximate surface area is 207 Å². The summed E-state index contributed by atoms with van der Waals surface area (Å²) in [6.07, 6.45) is 2.22. The summed E-state index contributed by atoms with van der Waals surface area (Å²) in [4.78, 5) is 23.0. The van der Waals surface area contributed by atoms with E-state index in [0.29, 0.717) is 13.1 Å². The first-order chi connectivity index (χ1) is 17.4. The van der Waals surface area contributed by atoms with Crippen molar-refractivity contribution in [3.8, 4) is 0 Å². The standard InChI is InChI=1S/2C13H13FN2O2/c1-2-18-13(17)12-11(14)8-15-16(12)9-10-6-4-3-5-7-10;1-2-18-13(17)12-11(14)9-16(15-12)8-10-6-4-3-5-7-10/h3-8H,2,9H2,1H3;3-7,9H,2,8H2,1H3. The molecule has 2 aromatic heterocycles. The fourth-order valence-electron chi connectivity index (χ4n) is 3.23. The molecule has 0 atom stereocenters. The van der Waals surface area contributed by atoms with E-state index >= 15 is 0 Å². The van der Waals surface area contributed by atoms with Gasteiger partial charge in [0, 0.05) is 0 Å². The molecule has 2 heterocycles. The van der Waals surface area contributed by atoms with Gasteiger partial charge in [-0.15, -0.1) is 0 Å². The van der Waals surface area contributed by atoms with E-state index in [2.05, 4.69) is 10.2 Å². The Hall–Kier alpha value is -4.34. The minimum Gasteiger partial charge on any atom is -0.461 e. The van der Waals surface area contributed by atoms with Crippen LogP contribution in [0.3, 0.4) is 0 Å². The molecule has 36 heavy (non-hydrogen) atoms. The first-order valence-electron chi connectivity index (χ1n) is 11.3. The van der Waals surface area contributed by atoms with Crippen LogP contribution in [0.1, 0.15) is 46.0 Å². The van der Waals surface area contributed by atoms with E-state index in [9.17, 15) is 18.4 Å². The molecule has 0 unspecified atom stereocenters. The number of hydrogen-bond donors (Lipinski definition) is 0. The molecule has 0 spiro atoms. The lowest BCUT2D eigenvalue weighted by Crippen LogP contribution is -2.15. The summed E-state index contributed by atoms with van der Waals surface area (Å²) >= 11 is 0. The summed E-state index contributed by atoms with van der Waals surface area (Å²) in [5.41, 5.74) is 1.51. The molecule has 0 saturated heterocycles. The number of carbonyl (C=O) groups excluding carboxylic acids is 2. The van der Waals surface area contributed by atoms with Crippen LogP contribution < -0.4 is 0 Å². The van der Waals surface area contributed by atoms with Gasteiger partial charge in [0.15, 0.2) is 17.3 Å². The summed E-state index contributed by atoms with van der Waals surface area (Å²) in [5.74, 6) is -2.75. The largest absolute Gasteiger partial charge is 0.461 e. The van der Waals surface area contributed by atoms with Gasteiger partial charge < -0.3 is 9.47 Å². The first-order valence-corrected chi connectivity index (χ1v) is 11.3. The molecule has 10 heteroatoms. The third-order valence-corrected chi connectivity index (χ3v) is 4.81. The highest BCUT2D eigenvalue weighted by atomic mass is 19.1. The Bertz CT molecular complexity index is 1270. The fraction of sp³-hybridized carbons (Fsp3) is 0.231. The molecule has 2 aromatic carbocycles. The van der Waals surface area contributed by atoms with Crippen molar-refractivity contribution >= 4 is 11.9 Å². The SMILES string of the molecule is CCOC(=O)c1c(F)cnn1Cc1ccccc1.CCOC(=O)c1nn(Cc2ccccc2)cc1F. The van der Waals surface area contributed by atoms with Crippen molar-refractivity contribution in [1.29, 1.82) is 0 Å². The number of halogens is 2. The smallest absolute Gasteiger partial charge is 0.361 e. The van der Waals surface area contributed by atoms with Gasteiger partial charge in [-0.3, -0.25) is 9.36 Å². The topological polar surface area (TPSA) is 88.2 Å². The van der Waals surface area contributed by atoms with Crippen molar-refractivity contribution in [3.63, 3.8) is 0 Å². The lowest BCUT2D eigenvalue weighted by molar-refractivity contribution is 0.0499. The summed E-state index contributed by atoms with van der Waals surface area (Å²) < 4.78 is 39.2. The molecule has 188 valence electrons. The number of esters is 2. The van der Waals surface area contributed by atoms with Crippen LogP contribution in [0, 0.1) is 11.6 Å². The zero-order chi connectivity index (χ0) is 25.9. The second-order valence-corrected chi connectivity index (χ2v) is 7.43. The average Bonchev–Trinajstić information content (AvgIpc) is 3.42. The summed E-state index contributed by atoms with van der Waals surface area (Å²) in [6.45, 7) is 4.49. The summed E-state index contributed by atoms with van der Waals surface area (Å²) in [7, 11) is 0. The first kappa shape index (κ1) is 26.3. The molecule has 0 bridgehead atoms. The Morgan fingerprint density at radius 1 is 0.806 bits per heavy atom. The van der Waals surface area contributed by atoms with Crippen LogP contribution in [0.2, 0.25) is 0 Å². The number of benzene rings is 2. The quantitative estimate of drug-likeness (QED) is 0.334. The Balaban J connectivity index is 0.000000201. The van der Waals surface area contributed by atoms with Crippen molar-refractivity contribution < 1.29 is 27.8 Å². The molecule has 0 aliphatic rings. The van der Waals surface area contributed by atoms with E-state index in [0.717, 1.165) is 17.3 Å². The van der Waals surface area contributed by atoms with Gasteiger partial charge in [0.1, 0.15) is 0 Å². The molecule has 0 radical (unpaired) electrons. The van der Waals surface area contributed by atoms with Gasteiger partial charge in [0.25, 0.3) is 0 Å². The van der Waals surface area contributed by atoms with Crippen LogP contribution in [0.15, 0.2) is 73.1 Å². The number of nitrogens with zero attached hydrogens (tertiary/aromatic N) is 4. The van der Waals surface area contributed by atoms with E-state index < -0.39 is 23.6 Å². The number of rotatable bonds is 8. The van der Waals surface area contributed by atoms with Crippen LogP contribution >= 0.6 is 0 Å². The van der Waals surface area contributed by atoms with Gasteiger partial charge in [0.05, 0.1) is 38.7 Å². The van der Waals surface area contributed by atoms with E-state index in [-0.39, 0.29) is 24.6 Å². The summed E-state index contributed by atoms with van der Waals surface area (Å²) in [5, 5.41) is 7.75. The fourth-order valence-corrected chi connectivity index (χ4v) is 3.23. The molecule has 8 nitrogen and oxygen atoms in total. The second-order valence-electron chi connectivity index (χ2n) is 7.43. The van der Waals surface area contributed by atoms with Gasteiger partial charge >= 0.3 is 11.9 Å². The predicted molar refractivity (Wildman–Crippen MR) is 127 cm³/mol. The van der Waals surface area contributed by atoms with E-state index in [4.69, 9.17) is 9.47 Å². The molecule has 0 fully saturated rings. The third kappa shape index (κ3) is 7.08. The monoisotopic (exact) mass is 496 g/mol. The maximum absolute atomic E-state index is 13.5. The maximum atomic E-state index is 13.5. The predicted octanol–water partition coefficient (Wildman–Crippen LogP) is 4.49. The van der Waals surface area contributed by atoms with Crippen molar-refractivity contribution in [2.75, 3.05) is 13.2 Å². The molecule has 0 saturated carbocycles. The second kappa shape index (κ2) is 12.9. The van der Waals surface area contributed by atoms with E-state index in [1.807, 2.05) is 60.7 Å². The molecular formula is C26H26F2N4O4. The minimum atomic E-state index is -0.734. The number of hydrogen-bond acceptors (Lipinski definition) is 6. The maximum Gasteiger partial charge on any atom is 0.361 e. The van der Waals surface area contributed by atoms with E-state index in [1.165, 1.54) is 15.6 Å². The molecule has 4 rings (SSSR count). The minimum absolute atomic E-state index is 0.138. The molecular weight excluding hydrogens is 470 g/mol. The van der Waals surface area contributed by atoms with Gasteiger partial charge in [-0.25, -0.2) is 18.4 Å². The number of carbonyl (C=O) groups is 2. The highest BCUT2D eigenvalue weighted by molar-refractivity contribution is 5.88. The van der Waals surface area contributed by atoms with Crippen molar-refractivity contribution in [2.45, 2.75) is 26.9 Å². The van der Waals surface area contributed by atoms with Crippen LogP contribution in [0.4, 0.5) is 8.78 Å². The van der Waals surface area contributed by atoms with Crippen molar-refractivity contribution in [1.82, 2.24) is 19.6 Å². The Morgan fingerprint density at radius 3 is 1.94 bits per heavy atom. The molecule has 0 aliphatic heterocycles. The van der Waals surface area contributed by atoms with Crippen molar-refractivity contribution in [3.05, 3.63) is 107 Å².